The van der Waals surface area contributed by atoms with Crippen molar-refractivity contribution in [3.8, 4) is 11.3 Å². The number of rotatable bonds is 3. The van der Waals surface area contributed by atoms with Gasteiger partial charge in [0, 0.05) is 11.6 Å². The lowest BCUT2D eigenvalue weighted by Crippen LogP contribution is -2.27. The number of amides is 2. The summed E-state index contributed by atoms with van der Waals surface area (Å²) in [6, 6.07) is 17.5. The minimum atomic E-state index is -0.372. The van der Waals surface area contributed by atoms with Crippen molar-refractivity contribution in [1.29, 1.82) is 0 Å². The molecular formula is C20H11Cl2NO3S. The Morgan fingerprint density at radius 3 is 2.44 bits per heavy atom. The van der Waals surface area contributed by atoms with Gasteiger partial charge in [-0.15, -0.1) is 0 Å². The number of thioether (sulfide) groups is 1. The van der Waals surface area contributed by atoms with Gasteiger partial charge in [0.15, 0.2) is 0 Å². The van der Waals surface area contributed by atoms with Crippen LogP contribution in [0.5, 0.6) is 0 Å². The monoisotopic (exact) mass is 415 g/mol. The van der Waals surface area contributed by atoms with E-state index in [-0.39, 0.29) is 11.1 Å². The number of carbonyl (C=O) groups excluding carboxylic acids is 2. The molecule has 27 heavy (non-hydrogen) atoms. The maximum absolute atomic E-state index is 12.6. The van der Waals surface area contributed by atoms with Crippen LogP contribution in [0.2, 0.25) is 10.0 Å². The van der Waals surface area contributed by atoms with Crippen molar-refractivity contribution >= 4 is 57.9 Å². The molecular weight excluding hydrogens is 405 g/mol. The van der Waals surface area contributed by atoms with Crippen LogP contribution in [0.1, 0.15) is 5.76 Å². The van der Waals surface area contributed by atoms with Gasteiger partial charge in [0.05, 0.1) is 20.6 Å². The Labute approximate surface area is 169 Å². The zero-order valence-electron chi connectivity index (χ0n) is 13.7. The third-order valence-corrected chi connectivity index (χ3v) is 5.52. The Morgan fingerprint density at radius 1 is 0.926 bits per heavy atom. The first-order valence-electron chi connectivity index (χ1n) is 7.91. The molecule has 3 aromatic rings. The number of hydrogen-bond acceptors (Lipinski definition) is 4. The Morgan fingerprint density at radius 2 is 1.70 bits per heavy atom. The molecule has 1 fully saturated rings. The molecule has 2 heterocycles. The van der Waals surface area contributed by atoms with Crippen molar-refractivity contribution in [2.24, 2.45) is 0 Å². The molecule has 1 aliphatic heterocycles. The van der Waals surface area contributed by atoms with Gasteiger partial charge in [-0.25, -0.2) is 4.90 Å². The van der Waals surface area contributed by atoms with Crippen LogP contribution in [0.15, 0.2) is 70.0 Å². The highest BCUT2D eigenvalue weighted by Crippen LogP contribution is 2.36. The SMILES string of the molecule is O=C1SC(=Cc2ccc(-c3ccc(Cl)c(Cl)c3)o2)C(=O)N1c1ccccc1. The first-order valence-corrected chi connectivity index (χ1v) is 9.48. The van der Waals surface area contributed by atoms with Crippen LogP contribution in [0.4, 0.5) is 10.5 Å². The van der Waals surface area contributed by atoms with Gasteiger partial charge in [-0.3, -0.25) is 9.59 Å². The highest BCUT2D eigenvalue weighted by Gasteiger charge is 2.36. The minimum Gasteiger partial charge on any atom is -0.457 e. The fourth-order valence-corrected chi connectivity index (χ4v) is 3.75. The fraction of sp³-hybridized carbons (Fsp3) is 0. The second-order valence-electron chi connectivity index (χ2n) is 5.68. The number of furan rings is 1. The third-order valence-electron chi connectivity index (χ3n) is 3.91. The van der Waals surface area contributed by atoms with Crippen LogP contribution < -0.4 is 4.90 Å². The molecule has 1 aliphatic rings. The van der Waals surface area contributed by atoms with Crippen molar-refractivity contribution < 1.29 is 14.0 Å². The summed E-state index contributed by atoms with van der Waals surface area (Å²) in [4.78, 5) is 26.3. The van der Waals surface area contributed by atoms with E-state index in [2.05, 4.69) is 0 Å². The maximum Gasteiger partial charge on any atom is 0.298 e. The number of hydrogen-bond donors (Lipinski definition) is 0. The van der Waals surface area contributed by atoms with Crippen LogP contribution in [-0.4, -0.2) is 11.1 Å². The predicted octanol–water partition coefficient (Wildman–Crippen LogP) is 6.49. The lowest BCUT2D eigenvalue weighted by Gasteiger charge is -2.11. The fourth-order valence-electron chi connectivity index (χ4n) is 2.63. The summed E-state index contributed by atoms with van der Waals surface area (Å²) in [6.45, 7) is 0. The standard InChI is InChI=1S/C20H11Cl2NO3S/c21-15-8-6-12(10-16(15)22)17-9-7-14(26-17)11-18-19(24)23(20(25)27-18)13-4-2-1-3-5-13/h1-11H. The topological polar surface area (TPSA) is 50.5 Å². The first kappa shape index (κ1) is 17.9. The largest absolute Gasteiger partial charge is 0.457 e. The van der Waals surface area contributed by atoms with Gasteiger partial charge in [0.1, 0.15) is 11.5 Å². The summed E-state index contributed by atoms with van der Waals surface area (Å²) >= 11 is 12.9. The van der Waals surface area contributed by atoms with Gasteiger partial charge < -0.3 is 4.42 Å². The van der Waals surface area contributed by atoms with Crippen molar-refractivity contribution in [2.75, 3.05) is 4.90 Å². The second-order valence-corrected chi connectivity index (χ2v) is 7.49. The Hall–Kier alpha value is -2.47. The number of para-hydroxylation sites is 1. The molecule has 2 amide bonds. The highest BCUT2D eigenvalue weighted by atomic mass is 35.5. The van der Waals surface area contributed by atoms with E-state index in [0.29, 0.717) is 32.2 Å². The normalized spacial score (nSPS) is 15.8. The molecule has 0 N–H and O–H groups in total. The third kappa shape index (κ3) is 3.54. The first-order chi connectivity index (χ1) is 13.0. The van der Waals surface area contributed by atoms with Crippen molar-refractivity contribution in [1.82, 2.24) is 0 Å². The molecule has 0 bridgehead atoms. The molecule has 0 aliphatic carbocycles. The molecule has 2 aromatic carbocycles. The molecule has 134 valence electrons. The van der Waals surface area contributed by atoms with E-state index in [4.69, 9.17) is 27.6 Å². The second kappa shape index (κ2) is 7.27. The van der Waals surface area contributed by atoms with Crippen molar-refractivity contribution in [3.63, 3.8) is 0 Å². The molecule has 0 spiro atoms. The zero-order chi connectivity index (χ0) is 19.0. The minimum absolute atomic E-state index is 0.305. The predicted molar refractivity (Wildman–Crippen MR) is 109 cm³/mol. The number of benzene rings is 2. The summed E-state index contributed by atoms with van der Waals surface area (Å²) in [5, 5.41) is 0.548. The Kier molecular flexibility index (Phi) is 4.83. The summed E-state index contributed by atoms with van der Waals surface area (Å²) in [5.41, 5.74) is 1.31. The Bertz CT molecular complexity index is 1080. The van der Waals surface area contributed by atoms with E-state index in [1.165, 1.54) is 0 Å². The van der Waals surface area contributed by atoms with Crippen molar-refractivity contribution in [2.45, 2.75) is 0 Å². The molecule has 0 unspecified atom stereocenters. The molecule has 4 nitrogen and oxygen atoms in total. The number of anilines is 1. The molecule has 7 heteroatoms. The summed E-state index contributed by atoms with van der Waals surface area (Å²) in [6.07, 6.45) is 1.56. The number of halogens is 2. The number of carbonyl (C=O) groups is 2. The van der Waals surface area contributed by atoms with Gasteiger partial charge in [-0.05, 0) is 54.2 Å². The van der Waals surface area contributed by atoms with Crippen LogP contribution in [0.25, 0.3) is 17.4 Å². The zero-order valence-corrected chi connectivity index (χ0v) is 16.0. The van der Waals surface area contributed by atoms with Crippen LogP contribution >= 0.6 is 35.0 Å². The molecule has 0 radical (unpaired) electrons. The van der Waals surface area contributed by atoms with Gasteiger partial charge in [0.25, 0.3) is 11.1 Å². The maximum atomic E-state index is 12.6. The quantitative estimate of drug-likeness (QED) is 0.458. The van der Waals surface area contributed by atoms with Crippen LogP contribution in [0.3, 0.4) is 0 Å². The van der Waals surface area contributed by atoms with Crippen LogP contribution in [0, 0.1) is 0 Å². The number of imide groups is 1. The molecule has 0 atom stereocenters. The summed E-state index contributed by atoms with van der Waals surface area (Å²) < 4.78 is 5.78. The lowest BCUT2D eigenvalue weighted by atomic mass is 10.2. The van der Waals surface area contributed by atoms with E-state index in [1.807, 2.05) is 6.07 Å². The van der Waals surface area contributed by atoms with Gasteiger partial charge in [0.2, 0.25) is 0 Å². The van der Waals surface area contributed by atoms with Gasteiger partial charge >= 0.3 is 0 Å². The van der Waals surface area contributed by atoms with E-state index in [0.717, 1.165) is 22.2 Å². The average Bonchev–Trinajstić information content (AvgIpc) is 3.23. The average molecular weight is 416 g/mol. The van der Waals surface area contributed by atoms with Gasteiger partial charge in [-0.1, -0.05) is 41.4 Å². The van der Waals surface area contributed by atoms with E-state index in [9.17, 15) is 9.59 Å². The van der Waals surface area contributed by atoms with Crippen molar-refractivity contribution in [3.05, 3.63) is 81.4 Å². The Balaban J connectivity index is 1.61. The molecule has 0 saturated carbocycles. The van der Waals surface area contributed by atoms with Gasteiger partial charge in [-0.2, -0.15) is 0 Å². The summed E-state index contributed by atoms with van der Waals surface area (Å²) in [5.74, 6) is 0.681. The van der Waals surface area contributed by atoms with E-state index >= 15 is 0 Å². The molecule has 1 aromatic heterocycles. The summed E-state index contributed by atoms with van der Waals surface area (Å²) in [7, 11) is 0. The molecule has 1 saturated heterocycles. The highest BCUT2D eigenvalue weighted by molar-refractivity contribution is 8.19. The lowest BCUT2D eigenvalue weighted by molar-refractivity contribution is -0.113. The van der Waals surface area contributed by atoms with E-state index < -0.39 is 0 Å². The smallest absolute Gasteiger partial charge is 0.298 e. The molecule has 4 rings (SSSR count). The number of nitrogens with zero attached hydrogens (tertiary/aromatic N) is 1. The van der Waals surface area contributed by atoms with Crippen LogP contribution in [-0.2, 0) is 4.79 Å². The van der Waals surface area contributed by atoms with E-state index in [1.54, 1.807) is 60.7 Å².